The normalized spacial score (nSPS) is 26.4. The topological polar surface area (TPSA) is 72.5 Å². The monoisotopic (exact) mass is 179 g/mol. The van der Waals surface area contributed by atoms with E-state index in [4.69, 9.17) is 10.8 Å². The summed E-state index contributed by atoms with van der Waals surface area (Å²) < 4.78 is 15.2. The Balaban J connectivity index is 2.51. The Hall–Kier alpha value is 0.110. The van der Waals surface area contributed by atoms with Gasteiger partial charge in [-0.1, -0.05) is 19.3 Å². The van der Waals surface area contributed by atoms with Gasteiger partial charge < -0.3 is 4.89 Å². The van der Waals surface area contributed by atoms with Crippen LogP contribution >= 0.6 is 7.60 Å². The summed E-state index contributed by atoms with van der Waals surface area (Å²) in [5.41, 5.74) is -0.221. The third-order valence-electron chi connectivity index (χ3n) is 2.19. The van der Waals surface area contributed by atoms with Crippen molar-refractivity contribution < 1.29 is 14.1 Å². The highest BCUT2D eigenvalue weighted by molar-refractivity contribution is 7.53. The molecule has 66 valence electrons. The fourth-order valence-corrected chi connectivity index (χ4v) is 2.68. The van der Waals surface area contributed by atoms with Crippen molar-refractivity contribution in [2.24, 2.45) is 5.90 Å². The SMILES string of the molecule is NOP(=O)(O)C1CCCCC1. The Morgan fingerprint density at radius 3 is 2.36 bits per heavy atom. The highest BCUT2D eigenvalue weighted by atomic mass is 31.2. The van der Waals surface area contributed by atoms with Gasteiger partial charge in [0.25, 0.3) is 0 Å². The zero-order chi connectivity index (χ0) is 8.32. The first-order valence-corrected chi connectivity index (χ1v) is 5.52. The van der Waals surface area contributed by atoms with Gasteiger partial charge in [-0.05, 0) is 12.8 Å². The lowest BCUT2D eigenvalue weighted by Gasteiger charge is -2.23. The lowest BCUT2D eigenvalue weighted by Crippen LogP contribution is -2.16. The minimum Gasteiger partial charge on any atom is -0.323 e. The van der Waals surface area contributed by atoms with E-state index < -0.39 is 7.60 Å². The maximum absolute atomic E-state index is 11.1. The fraction of sp³-hybridized carbons (Fsp3) is 1.00. The molecule has 0 aromatic carbocycles. The minimum absolute atomic E-state index is 0.221. The number of hydrogen-bond donors (Lipinski definition) is 2. The van der Waals surface area contributed by atoms with Crippen LogP contribution in [-0.2, 0) is 9.19 Å². The molecule has 1 aliphatic carbocycles. The summed E-state index contributed by atoms with van der Waals surface area (Å²) in [7, 11) is -3.47. The van der Waals surface area contributed by atoms with Crippen LogP contribution in [0.2, 0.25) is 0 Å². The van der Waals surface area contributed by atoms with Crippen molar-refractivity contribution in [1.82, 2.24) is 0 Å². The summed E-state index contributed by atoms with van der Waals surface area (Å²) in [6, 6.07) is 0. The van der Waals surface area contributed by atoms with Crippen molar-refractivity contribution in [3.63, 3.8) is 0 Å². The van der Waals surface area contributed by atoms with Crippen molar-refractivity contribution >= 4 is 7.60 Å². The molecule has 1 unspecified atom stereocenters. The van der Waals surface area contributed by atoms with Crippen molar-refractivity contribution in [3.05, 3.63) is 0 Å². The number of nitrogens with two attached hydrogens (primary N) is 1. The third kappa shape index (κ3) is 2.27. The smallest absolute Gasteiger partial charge is 0.323 e. The lowest BCUT2D eigenvalue weighted by molar-refractivity contribution is 0.249. The molecule has 1 fully saturated rings. The largest absolute Gasteiger partial charge is 0.347 e. The maximum atomic E-state index is 11.1. The van der Waals surface area contributed by atoms with Crippen molar-refractivity contribution in [2.75, 3.05) is 0 Å². The van der Waals surface area contributed by atoms with Gasteiger partial charge in [0.05, 0.1) is 5.66 Å². The van der Waals surface area contributed by atoms with E-state index in [1.807, 2.05) is 0 Å². The van der Waals surface area contributed by atoms with Gasteiger partial charge in [-0.3, -0.25) is 4.57 Å². The standard InChI is InChI=1S/C6H14NO3P/c7-10-11(8,9)6-4-2-1-3-5-6/h6H,1-5,7H2,(H,8,9). The first kappa shape index (κ1) is 9.20. The van der Waals surface area contributed by atoms with Gasteiger partial charge in [0.15, 0.2) is 0 Å². The van der Waals surface area contributed by atoms with Crippen LogP contribution in [0.5, 0.6) is 0 Å². The highest BCUT2D eigenvalue weighted by Gasteiger charge is 2.32. The molecule has 1 saturated carbocycles. The average molecular weight is 179 g/mol. The molecule has 0 heterocycles. The van der Waals surface area contributed by atoms with E-state index in [0.29, 0.717) is 0 Å². The summed E-state index contributed by atoms with van der Waals surface area (Å²) in [6.45, 7) is 0. The maximum Gasteiger partial charge on any atom is 0.347 e. The van der Waals surface area contributed by atoms with Gasteiger partial charge in [0, 0.05) is 0 Å². The summed E-state index contributed by atoms with van der Waals surface area (Å²) in [5.74, 6) is 4.72. The predicted octanol–water partition coefficient (Wildman–Crippen LogP) is 1.39. The van der Waals surface area contributed by atoms with E-state index in [1.54, 1.807) is 0 Å². The molecule has 0 amide bonds. The minimum atomic E-state index is -3.47. The molecule has 0 aliphatic heterocycles. The Labute approximate surface area is 66.2 Å². The average Bonchev–Trinajstić information content (AvgIpc) is 2.06. The van der Waals surface area contributed by atoms with Crippen LogP contribution in [0.25, 0.3) is 0 Å². The second-order valence-corrected chi connectivity index (χ2v) is 5.03. The summed E-state index contributed by atoms with van der Waals surface area (Å²) in [6.07, 6.45) is 4.72. The molecule has 1 rings (SSSR count). The first-order valence-electron chi connectivity index (χ1n) is 3.88. The molecule has 3 N–H and O–H groups in total. The molecular weight excluding hydrogens is 165 g/mol. The van der Waals surface area contributed by atoms with Gasteiger partial charge in [0.2, 0.25) is 0 Å². The molecule has 1 aliphatic rings. The molecule has 0 aromatic rings. The molecule has 4 nitrogen and oxygen atoms in total. The Morgan fingerprint density at radius 1 is 1.36 bits per heavy atom. The van der Waals surface area contributed by atoms with Crippen LogP contribution < -0.4 is 5.90 Å². The number of hydrogen-bond acceptors (Lipinski definition) is 3. The van der Waals surface area contributed by atoms with Crippen LogP contribution in [0, 0.1) is 0 Å². The van der Waals surface area contributed by atoms with Crippen LogP contribution in [0.4, 0.5) is 0 Å². The molecule has 0 aromatic heterocycles. The zero-order valence-electron chi connectivity index (χ0n) is 6.40. The van der Waals surface area contributed by atoms with Crippen molar-refractivity contribution in [1.29, 1.82) is 0 Å². The van der Waals surface area contributed by atoms with E-state index in [9.17, 15) is 4.57 Å². The van der Waals surface area contributed by atoms with E-state index >= 15 is 0 Å². The van der Waals surface area contributed by atoms with Gasteiger partial charge in [-0.2, -0.15) is 0 Å². The molecule has 5 heteroatoms. The molecule has 0 spiro atoms. The van der Waals surface area contributed by atoms with E-state index in [-0.39, 0.29) is 5.66 Å². The van der Waals surface area contributed by atoms with E-state index in [1.165, 1.54) is 0 Å². The quantitative estimate of drug-likeness (QED) is 0.496. The highest BCUT2D eigenvalue weighted by Crippen LogP contribution is 2.51. The van der Waals surface area contributed by atoms with Crippen molar-refractivity contribution in [3.8, 4) is 0 Å². The Bertz CT molecular complexity index is 167. The second kappa shape index (κ2) is 3.68. The van der Waals surface area contributed by atoms with Crippen LogP contribution in [0.1, 0.15) is 32.1 Å². The van der Waals surface area contributed by atoms with Crippen LogP contribution in [0.3, 0.4) is 0 Å². The van der Waals surface area contributed by atoms with E-state index in [2.05, 4.69) is 4.62 Å². The Kier molecular flexibility index (Phi) is 3.07. The summed E-state index contributed by atoms with van der Waals surface area (Å²) >= 11 is 0. The number of rotatable bonds is 2. The van der Waals surface area contributed by atoms with Gasteiger partial charge in [0.1, 0.15) is 0 Å². The molecular formula is C6H14NO3P. The van der Waals surface area contributed by atoms with Gasteiger partial charge in [-0.25, -0.2) is 10.5 Å². The second-order valence-electron chi connectivity index (χ2n) is 2.96. The summed E-state index contributed by atoms with van der Waals surface area (Å²) in [5, 5.41) is 0. The molecule has 11 heavy (non-hydrogen) atoms. The molecule has 1 atom stereocenters. The van der Waals surface area contributed by atoms with Gasteiger partial charge >= 0.3 is 7.60 Å². The zero-order valence-corrected chi connectivity index (χ0v) is 7.30. The predicted molar refractivity (Wildman–Crippen MR) is 42.0 cm³/mol. The summed E-state index contributed by atoms with van der Waals surface area (Å²) in [4.78, 5) is 9.16. The van der Waals surface area contributed by atoms with Crippen LogP contribution in [0.15, 0.2) is 0 Å². The lowest BCUT2D eigenvalue weighted by atomic mass is 10.0. The Morgan fingerprint density at radius 2 is 1.91 bits per heavy atom. The molecule has 0 bridgehead atoms. The fourth-order valence-electron chi connectivity index (χ4n) is 1.49. The molecule has 0 radical (unpaired) electrons. The first-order chi connectivity index (χ1) is 5.17. The third-order valence-corrected chi connectivity index (χ3v) is 3.93. The molecule has 0 saturated heterocycles. The van der Waals surface area contributed by atoms with E-state index in [0.717, 1.165) is 32.1 Å². The van der Waals surface area contributed by atoms with Crippen LogP contribution in [-0.4, -0.2) is 10.6 Å². The van der Waals surface area contributed by atoms with Crippen molar-refractivity contribution in [2.45, 2.75) is 37.8 Å². The van der Waals surface area contributed by atoms with Gasteiger partial charge in [-0.15, -0.1) is 0 Å².